The molecule has 4 heteroatoms. The third-order valence-electron chi connectivity index (χ3n) is 3.81. The number of aryl methyl sites for hydroxylation is 3. The Balaban J connectivity index is 2.23. The van der Waals surface area contributed by atoms with Crippen molar-refractivity contribution in [2.24, 2.45) is 0 Å². The smallest absolute Gasteiger partial charge is 0.266 e. The standard InChI is InChI=1S/C20H20N2O2/c1-4-15-5-7-18(8-6-15)22-20(24)17(12-21)11-16-9-13(2)19(23)14(3)10-16/h5-11,23H,4H2,1-3H3,(H,22,24)/b17-11+. The fourth-order valence-electron chi connectivity index (χ4n) is 2.41. The second-order valence-electron chi connectivity index (χ2n) is 5.68. The van der Waals surface area contributed by atoms with Gasteiger partial charge >= 0.3 is 0 Å². The summed E-state index contributed by atoms with van der Waals surface area (Å²) in [6.45, 7) is 5.62. The van der Waals surface area contributed by atoms with Gasteiger partial charge in [-0.15, -0.1) is 0 Å². The van der Waals surface area contributed by atoms with Crippen molar-refractivity contribution in [2.75, 3.05) is 5.32 Å². The van der Waals surface area contributed by atoms with Crippen molar-refractivity contribution in [3.05, 3.63) is 64.2 Å². The molecule has 0 saturated carbocycles. The first-order valence-electron chi connectivity index (χ1n) is 7.77. The summed E-state index contributed by atoms with van der Waals surface area (Å²) in [5, 5.41) is 21.8. The van der Waals surface area contributed by atoms with Gasteiger partial charge in [-0.2, -0.15) is 5.26 Å². The monoisotopic (exact) mass is 320 g/mol. The van der Waals surface area contributed by atoms with Crippen LogP contribution in [0.4, 0.5) is 5.69 Å². The highest BCUT2D eigenvalue weighted by Crippen LogP contribution is 2.24. The van der Waals surface area contributed by atoms with Crippen molar-refractivity contribution in [3.63, 3.8) is 0 Å². The number of aromatic hydroxyl groups is 1. The number of carbonyl (C=O) groups is 1. The van der Waals surface area contributed by atoms with Gasteiger partial charge in [-0.3, -0.25) is 4.79 Å². The summed E-state index contributed by atoms with van der Waals surface area (Å²) < 4.78 is 0. The van der Waals surface area contributed by atoms with E-state index >= 15 is 0 Å². The van der Waals surface area contributed by atoms with Gasteiger partial charge < -0.3 is 10.4 Å². The molecule has 0 saturated heterocycles. The lowest BCUT2D eigenvalue weighted by Crippen LogP contribution is -2.13. The van der Waals surface area contributed by atoms with Gasteiger partial charge in [0.1, 0.15) is 17.4 Å². The summed E-state index contributed by atoms with van der Waals surface area (Å²) in [6.07, 6.45) is 2.45. The molecule has 0 aliphatic heterocycles. The molecule has 0 fully saturated rings. The van der Waals surface area contributed by atoms with Gasteiger partial charge in [0.2, 0.25) is 0 Å². The minimum atomic E-state index is -0.454. The summed E-state index contributed by atoms with van der Waals surface area (Å²) in [7, 11) is 0. The number of amides is 1. The molecule has 24 heavy (non-hydrogen) atoms. The van der Waals surface area contributed by atoms with Crippen LogP contribution in [0, 0.1) is 25.2 Å². The van der Waals surface area contributed by atoms with Gasteiger partial charge in [-0.25, -0.2) is 0 Å². The zero-order chi connectivity index (χ0) is 17.7. The lowest BCUT2D eigenvalue weighted by molar-refractivity contribution is -0.112. The van der Waals surface area contributed by atoms with E-state index in [1.807, 2.05) is 30.3 Å². The van der Waals surface area contributed by atoms with Crippen LogP contribution in [0.2, 0.25) is 0 Å². The van der Waals surface area contributed by atoms with E-state index in [0.29, 0.717) is 22.4 Å². The van der Waals surface area contributed by atoms with E-state index in [2.05, 4.69) is 12.2 Å². The Labute approximate surface area is 142 Å². The molecular weight excluding hydrogens is 300 g/mol. The topological polar surface area (TPSA) is 73.1 Å². The molecule has 0 aliphatic carbocycles. The van der Waals surface area contributed by atoms with Gasteiger partial charge in [-0.05, 0) is 72.9 Å². The molecule has 0 atom stereocenters. The van der Waals surface area contributed by atoms with Crippen LogP contribution in [-0.4, -0.2) is 11.0 Å². The highest BCUT2D eigenvalue weighted by atomic mass is 16.3. The Morgan fingerprint density at radius 3 is 2.29 bits per heavy atom. The van der Waals surface area contributed by atoms with Crippen molar-refractivity contribution >= 4 is 17.7 Å². The number of carbonyl (C=O) groups excluding carboxylic acids is 1. The molecule has 2 rings (SSSR count). The lowest BCUT2D eigenvalue weighted by atomic mass is 10.0. The maximum absolute atomic E-state index is 12.3. The fourth-order valence-corrected chi connectivity index (χ4v) is 2.41. The number of anilines is 1. The molecule has 4 nitrogen and oxygen atoms in total. The average molecular weight is 320 g/mol. The van der Waals surface area contributed by atoms with E-state index in [-0.39, 0.29) is 11.3 Å². The van der Waals surface area contributed by atoms with Crippen LogP contribution in [0.15, 0.2) is 42.0 Å². The fraction of sp³-hybridized carbons (Fsp3) is 0.200. The van der Waals surface area contributed by atoms with Crippen molar-refractivity contribution in [3.8, 4) is 11.8 Å². The third-order valence-corrected chi connectivity index (χ3v) is 3.81. The lowest BCUT2D eigenvalue weighted by Gasteiger charge is -2.07. The number of benzene rings is 2. The first-order valence-corrected chi connectivity index (χ1v) is 7.77. The molecule has 0 aliphatic rings. The molecule has 0 heterocycles. The Kier molecular flexibility index (Phi) is 5.39. The second-order valence-corrected chi connectivity index (χ2v) is 5.68. The summed E-state index contributed by atoms with van der Waals surface area (Å²) in [5.41, 5.74) is 3.95. The molecule has 1 amide bonds. The van der Waals surface area contributed by atoms with Crippen molar-refractivity contribution in [2.45, 2.75) is 27.2 Å². The number of phenols is 1. The van der Waals surface area contributed by atoms with Crippen LogP contribution in [0.1, 0.15) is 29.2 Å². The highest BCUT2D eigenvalue weighted by Gasteiger charge is 2.10. The highest BCUT2D eigenvalue weighted by molar-refractivity contribution is 6.09. The van der Waals surface area contributed by atoms with E-state index in [1.54, 1.807) is 26.0 Å². The van der Waals surface area contributed by atoms with Gasteiger partial charge in [0, 0.05) is 5.69 Å². The number of nitrogens with one attached hydrogen (secondary N) is 1. The second kappa shape index (κ2) is 7.47. The number of nitrogens with zero attached hydrogens (tertiary/aromatic N) is 1. The zero-order valence-electron chi connectivity index (χ0n) is 14.1. The average Bonchev–Trinajstić information content (AvgIpc) is 2.58. The zero-order valence-corrected chi connectivity index (χ0v) is 14.1. The Bertz CT molecular complexity index is 805. The maximum atomic E-state index is 12.3. The van der Waals surface area contributed by atoms with Crippen LogP contribution in [0.3, 0.4) is 0 Å². The molecule has 0 radical (unpaired) electrons. The number of hydrogen-bond donors (Lipinski definition) is 2. The SMILES string of the molecule is CCc1ccc(NC(=O)/C(C#N)=C/c2cc(C)c(O)c(C)c2)cc1. The minimum Gasteiger partial charge on any atom is -0.507 e. The third kappa shape index (κ3) is 4.02. The summed E-state index contributed by atoms with van der Waals surface area (Å²) in [4.78, 5) is 12.3. The van der Waals surface area contributed by atoms with Gasteiger partial charge in [0.25, 0.3) is 5.91 Å². The molecule has 122 valence electrons. The van der Waals surface area contributed by atoms with E-state index < -0.39 is 5.91 Å². The minimum absolute atomic E-state index is 0.0130. The molecule has 0 aromatic heterocycles. The molecule has 2 aromatic rings. The van der Waals surface area contributed by atoms with Crippen molar-refractivity contribution in [1.82, 2.24) is 0 Å². The van der Waals surface area contributed by atoms with Crippen LogP contribution < -0.4 is 5.32 Å². The summed E-state index contributed by atoms with van der Waals surface area (Å²) in [6, 6.07) is 12.9. The molecule has 0 unspecified atom stereocenters. The molecule has 0 spiro atoms. The number of nitriles is 1. The van der Waals surface area contributed by atoms with Crippen LogP contribution in [0.25, 0.3) is 6.08 Å². The predicted octanol–water partition coefficient (Wildman–Crippen LogP) is 4.12. The van der Waals surface area contributed by atoms with E-state index in [9.17, 15) is 15.2 Å². The Morgan fingerprint density at radius 1 is 1.21 bits per heavy atom. The van der Waals surface area contributed by atoms with Crippen molar-refractivity contribution in [1.29, 1.82) is 5.26 Å². The van der Waals surface area contributed by atoms with Gasteiger partial charge in [0.05, 0.1) is 0 Å². The summed E-state index contributed by atoms with van der Waals surface area (Å²) in [5.74, 6) is -0.226. The maximum Gasteiger partial charge on any atom is 0.266 e. The number of rotatable bonds is 4. The van der Waals surface area contributed by atoms with Gasteiger partial charge in [-0.1, -0.05) is 19.1 Å². The predicted molar refractivity (Wildman–Crippen MR) is 95.6 cm³/mol. The largest absolute Gasteiger partial charge is 0.507 e. The van der Waals surface area contributed by atoms with Crippen molar-refractivity contribution < 1.29 is 9.90 Å². The first-order chi connectivity index (χ1) is 11.4. The molecule has 2 aromatic carbocycles. The quantitative estimate of drug-likeness (QED) is 0.657. The van der Waals surface area contributed by atoms with Crippen LogP contribution >= 0.6 is 0 Å². The Morgan fingerprint density at radius 2 is 1.79 bits per heavy atom. The molecule has 2 N–H and O–H groups in total. The normalized spacial score (nSPS) is 11.0. The number of hydrogen-bond acceptors (Lipinski definition) is 3. The van der Waals surface area contributed by atoms with Crippen LogP contribution in [0.5, 0.6) is 5.75 Å². The molecule has 0 bridgehead atoms. The van der Waals surface area contributed by atoms with E-state index in [0.717, 1.165) is 6.42 Å². The summed E-state index contributed by atoms with van der Waals surface area (Å²) >= 11 is 0. The van der Waals surface area contributed by atoms with E-state index in [1.165, 1.54) is 11.6 Å². The van der Waals surface area contributed by atoms with Crippen LogP contribution in [-0.2, 0) is 11.2 Å². The van der Waals surface area contributed by atoms with E-state index in [4.69, 9.17) is 0 Å². The number of phenolic OH excluding ortho intramolecular Hbond substituents is 1. The Hall–Kier alpha value is -3.06. The first kappa shape index (κ1) is 17.3. The molecular formula is C20H20N2O2. The van der Waals surface area contributed by atoms with Gasteiger partial charge in [0.15, 0.2) is 0 Å².